The fourth-order valence-electron chi connectivity index (χ4n) is 3.59. The highest BCUT2D eigenvalue weighted by Gasteiger charge is 2.22. The quantitative estimate of drug-likeness (QED) is 0.897. The van der Waals surface area contributed by atoms with Gasteiger partial charge in [-0.05, 0) is 61.9 Å². The van der Waals surface area contributed by atoms with Crippen molar-refractivity contribution >= 4 is 12.4 Å². The van der Waals surface area contributed by atoms with Crippen molar-refractivity contribution in [1.82, 2.24) is 10.2 Å². The molecular formula is C17H27ClN2. The van der Waals surface area contributed by atoms with E-state index in [0.29, 0.717) is 0 Å². The van der Waals surface area contributed by atoms with Gasteiger partial charge in [-0.2, -0.15) is 0 Å². The van der Waals surface area contributed by atoms with Crippen molar-refractivity contribution < 1.29 is 0 Å². The first-order valence-corrected chi connectivity index (χ1v) is 7.92. The van der Waals surface area contributed by atoms with Gasteiger partial charge in [-0.25, -0.2) is 0 Å². The van der Waals surface area contributed by atoms with Crippen molar-refractivity contribution in [3.63, 3.8) is 0 Å². The molecule has 1 saturated heterocycles. The summed E-state index contributed by atoms with van der Waals surface area (Å²) >= 11 is 0. The van der Waals surface area contributed by atoms with Gasteiger partial charge in [-0.1, -0.05) is 25.1 Å². The maximum atomic E-state index is 3.50. The minimum atomic E-state index is 0. The van der Waals surface area contributed by atoms with Crippen LogP contribution in [-0.4, -0.2) is 30.6 Å². The standard InChI is InChI=1S/C17H26N2.ClH/c1-2-10-19(17-8-9-18-12-17)13-14-6-7-15-4-3-5-16(15)11-14;/h6-7,11,17-18H,2-5,8-10,12-13H2,1H3;1H. The Morgan fingerprint density at radius 2 is 2.10 bits per heavy atom. The summed E-state index contributed by atoms with van der Waals surface area (Å²) in [5, 5.41) is 3.50. The Hall–Kier alpha value is -0.570. The number of nitrogens with one attached hydrogen (secondary N) is 1. The first-order chi connectivity index (χ1) is 9.36. The second-order valence-electron chi connectivity index (χ2n) is 6.07. The van der Waals surface area contributed by atoms with Crippen molar-refractivity contribution in [1.29, 1.82) is 0 Å². The van der Waals surface area contributed by atoms with Gasteiger partial charge in [0, 0.05) is 19.1 Å². The Morgan fingerprint density at radius 3 is 2.85 bits per heavy atom. The van der Waals surface area contributed by atoms with Gasteiger partial charge in [-0.15, -0.1) is 12.4 Å². The summed E-state index contributed by atoms with van der Waals surface area (Å²) < 4.78 is 0. The fourth-order valence-corrected chi connectivity index (χ4v) is 3.59. The molecule has 112 valence electrons. The Kier molecular flexibility index (Phi) is 5.88. The molecule has 2 nitrogen and oxygen atoms in total. The molecule has 1 aliphatic carbocycles. The number of nitrogens with zero attached hydrogens (tertiary/aromatic N) is 1. The molecule has 1 atom stereocenters. The van der Waals surface area contributed by atoms with Crippen LogP contribution in [0.3, 0.4) is 0 Å². The first kappa shape index (κ1) is 15.8. The van der Waals surface area contributed by atoms with E-state index in [1.165, 1.54) is 57.3 Å². The van der Waals surface area contributed by atoms with Gasteiger partial charge < -0.3 is 5.32 Å². The third-order valence-electron chi connectivity index (χ3n) is 4.61. The van der Waals surface area contributed by atoms with E-state index >= 15 is 0 Å². The van der Waals surface area contributed by atoms with Gasteiger partial charge in [0.1, 0.15) is 0 Å². The predicted molar refractivity (Wildman–Crippen MR) is 87.7 cm³/mol. The van der Waals surface area contributed by atoms with Gasteiger partial charge in [0.05, 0.1) is 0 Å². The largest absolute Gasteiger partial charge is 0.315 e. The number of halogens is 1. The van der Waals surface area contributed by atoms with Crippen LogP contribution < -0.4 is 5.32 Å². The number of benzene rings is 1. The Labute approximate surface area is 129 Å². The smallest absolute Gasteiger partial charge is 0.0237 e. The molecule has 1 N–H and O–H groups in total. The molecule has 3 rings (SSSR count). The van der Waals surface area contributed by atoms with Crippen molar-refractivity contribution in [2.45, 2.75) is 51.6 Å². The van der Waals surface area contributed by atoms with E-state index in [1.807, 2.05) is 0 Å². The van der Waals surface area contributed by atoms with Crippen molar-refractivity contribution in [3.8, 4) is 0 Å². The maximum absolute atomic E-state index is 3.50. The van der Waals surface area contributed by atoms with Crippen LogP contribution in [0.4, 0.5) is 0 Å². The lowest BCUT2D eigenvalue weighted by Crippen LogP contribution is -2.36. The third-order valence-corrected chi connectivity index (χ3v) is 4.61. The van der Waals surface area contributed by atoms with Crippen LogP contribution in [0.2, 0.25) is 0 Å². The molecule has 0 saturated carbocycles. The van der Waals surface area contributed by atoms with Gasteiger partial charge in [0.15, 0.2) is 0 Å². The summed E-state index contributed by atoms with van der Waals surface area (Å²) in [6.45, 7) is 7.01. The zero-order valence-corrected chi connectivity index (χ0v) is 13.3. The lowest BCUT2D eigenvalue weighted by Gasteiger charge is -2.28. The zero-order valence-electron chi connectivity index (χ0n) is 12.5. The van der Waals surface area contributed by atoms with Gasteiger partial charge >= 0.3 is 0 Å². The van der Waals surface area contributed by atoms with E-state index in [-0.39, 0.29) is 12.4 Å². The molecular weight excluding hydrogens is 268 g/mol. The monoisotopic (exact) mass is 294 g/mol. The number of hydrogen-bond donors (Lipinski definition) is 1. The van der Waals surface area contributed by atoms with Crippen molar-refractivity contribution in [2.75, 3.05) is 19.6 Å². The number of fused-ring (bicyclic) bond motifs is 1. The molecule has 0 bridgehead atoms. The lowest BCUT2D eigenvalue weighted by atomic mass is 10.1. The summed E-state index contributed by atoms with van der Waals surface area (Å²) in [6, 6.07) is 7.94. The molecule has 1 fully saturated rings. The average Bonchev–Trinajstić information content (AvgIpc) is 3.09. The Balaban J connectivity index is 0.00000147. The van der Waals surface area contributed by atoms with E-state index in [2.05, 4.69) is 35.3 Å². The van der Waals surface area contributed by atoms with Crippen molar-refractivity contribution in [2.24, 2.45) is 0 Å². The zero-order chi connectivity index (χ0) is 13.1. The second kappa shape index (κ2) is 7.44. The minimum absolute atomic E-state index is 0. The summed E-state index contributed by atoms with van der Waals surface area (Å²) in [5.41, 5.74) is 4.72. The molecule has 0 radical (unpaired) electrons. The van der Waals surface area contributed by atoms with Crippen LogP contribution in [0.5, 0.6) is 0 Å². The van der Waals surface area contributed by atoms with Crippen LogP contribution in [0.25, 0.3) is 0 Å². The number of aryl methyl sites for hydroxylation is 2. The molecule has 1 unspecified atom stereocenters. The molecule has 1 aromatic carbocycles. The number of hydrogen-bond acceptors (Lipinski definition) is 2. The van der Waals surface area contributed by atoms with E-state index in [4.69, 9.17) is 0 Å². The van der Waals surface area contributed by atoms with E-state index in [0.717, 1.165) is 12.6 Å². The minimum Gasteiger partial charge on any atom is -0.315 e. The van der Waals surface area contributed by atoms with E-state index in [1.54, 1.807) is 11.1 Å². The molecule has 1 heterocycles. The molecule has 0 amide bonds. The van der Waals surface area contributed by atoms with Crippen LogP contribution in [-0.2, 0) is 19.4 Å². The predicted octanol–water partition coefficient (Wildman–Crippen LogP) is 3.17. The van der Waals surface area contributed by atoms with Crippen LogP contribution >= 0.6 is 12.4 Å². The SMILES string of the molecule is CCCN(Cc1ccc2c(c1)CCC2)C1CCNC1.Cl. The topological polar surface area (TPSA) is 15.3 Å². The molecule has 0 spiro atoms. The summed E-state index contributed by atoms with van der Waals surface area (Å²) in [7, 11) is 0. The summed E-state index contributed by atoms with van der Waals surface area (Å²) in [5.74, 6) is 0. The van der Waals surface area contributed by atoms with Gasteiger partial charge in [0.25, 0.3) is 0 Å². The summed E-state index contributed by atoms with van der Waals surface area (Å²) in [4.78, 5) is 2.68. The number of rotatable bonds is 5. The van der Waals surface area contributed by atoms with E-state index < -0.39 is 0 Å². The highest BCUT2D eigenvalue weighted by Crippen LogP contribution is 2.24. The maximum Gasteiger partial charge on any atom is 0.0237 e. The Morgan fingerprint density at radius 1 is 1.25 bits per heavy atom. The van der Waals surface area contributed by atoms with Crippen LogP contribution in [0.1, 0.15) is 42.9 Å². The highest BCUT2D eigenvalue weighted by atomic mass is 35.5. The lowest BCUT2D eigenvalue weighted by molar-refractivity contribution is 0.199. The molecule has 2 aliphatic rings. The highest BCUT2D eigenvalue weighted by molar-refractivity contribution is 5.85. The molecule has 3 heteroatoms. The molecule has 1 aliphatic heterocycles. The average molecular weight is 295 g/mol. The molecule has 1 aromatic rings. The van der Waals surface area contributed by atoms with Gasteiger partial charge in [-0.3, -0.25) is 4.90 Å². The van der Waals surface area contributed by atoms with Crippen LogP contribution in [0, 0.1) is 0 Å². The van der Waals surface area contributed by atoms with E-state index in [9.17, 15) is 0 Å². The first-order valence-electron chi connectivity index (χ1n) is 7.92. The molecule has 0 aromatic heterocycles. The third kappa shape index (κ3) is 3.55. The van der Waals surface area contributed by atoms with Crippen molar-refractivity contribution in [3.05, 3.63) is 34.9 Å². The second-order valence-corrected chi connectivity index (χ2v) is 6.07. The fraction of sp³-hybridized carbons (Fsp3) is 0.647. The molecule has 20 heavy (non-hydrogen) atoms. The van der Waals surface area contributed by atoms with Gasteiger partial charge in [0.2, 0.25) is 0 Å². The normalized spacial score (nSPS) is 21.0. The summed E-state index contributed by atoms with van der Waals surface area (Å²) in [6.07, 6.45) is 6.50. The van der Waals surface area contributed by atoms with Crippen LogP contribution in [0.15, 0.2) is 18.2 Å². The Bertz CT molecular complexity index is 427.